The largest absolute Gasteiger partial charge is 0.309 e. The molecule has 2 heterocycles. The average Bonchev–Trinajstić information content (AvgIpc) is 3.72. The zero-order valence-electron chi connectivity index (χ0n) is 28.2. The number of hydrogen-bond acceptors (Lipinski definition) is 3. The number of anilines is 3. The lowest BCUT2D eigenvalue weighted by atomic mass is 9.67. The summed E-state index contributed by atoms with van der Waals surface area (Å²) in [4.78, 5) is 5.13. The average molecular weight is 698 g/mol. The van der Waals surface area contributed by atoms with Gasteiger partial charge in [-0.1, -0.05) is 145 Å². The molecule has 0 unspecified atom stereocenters. The summed E-state index contributed by atoms with van der Waals surface area (Å²) in [5.74, 6) is 0. The molecule has 1 spiro atoms. The summed E-state index contributed by atoms with van der Waals surface area (Å²) in [6.07, 6.45) is 0. The second kappa shape index (κ2) is 11.6. The van der Waals surface area contributed by atoms with Gasteiger partial charge in [0.2, 0.25) is 0 Å². The molecule has 1 nitrogen and oxygen atoms in total. The van der Waals surface area contributed by atoms with Gasteiger partial charge in [0.15, 0.2) is 0 Å². The van der Waals surface area contributed by atoms with Crippen molar-refractivity contribution in [1.82, 2.24) is 0 Å². The Morgan fingerprint density at radius 2 is 1.00 bits per heavy atom. The molecule has 1 aliphatic carbocycles. The van der Waals surface area contributed by atoms with E-state index in [1.165, 1.54) is 80.2 Å². The molecule has 1 aromatic heterocycles. The number of hydrogen-bond donors (Lipinski definition) is 0. The summed E-state index contributed by atoms with van der Waals surface area (Å²) in [5.41, 5.74) is 13.6. The van der Waals surface area contributed by atoms with Crippen LogP contribution in [0.25, 0.3) is 42.4 Å². The van der Waals surface area contributed by atoms with E-state index in [9.17, 15) is 0 Å². The van der Waals surface area contributed by atoms with E-state index in [4.69, 9.17) is 0 Å². The van der Waals surface area contributed by atoms with Gasteiger partial charge in [-0.05, 0) is 93.5 Å². The first kappa shape index (κ1) is 29.8. The molecule has 0 N–H and O–H groups in total. The Balaban J connectivity index is 1.22. The molecule has 3 heteroatoms. The van der Waals surface area contributed by atoms with Crippen LogP contribution in [0, 0.1) is 0 Å². The lowest BCUT2D eigenvalue weighted by Crippen LogP contribution is -2.31. The second-order valence-corrected chi connectivity index (χ2v) is 15.8. The van der Waals surface area contributed by atoms with Crippen LogP contribution in [-0.4, -0.2) is 0 Å². The number of benzene rings is 8. The lowest BCUT2D eigenvalue weighted by molar-refractivity contribution is 0.723. The van der Waals surface area contributed by atoms with Crippen LogP contribution >= 0.6 is 23.1 Å². The van der Waals surface area contributed by atoms with Crippen molar-refractivity contribution in [2.45, 2.75) is 15.2 Å². The molecule has 0 saturated heterocycles. The maximum absolute atomic E-state index is 2.54. The van der Waals surface area contributed by atoms with E-state index in [2.05, 4.69) is 193 Å². The number of fused-ring (bicyclic) bond motifs is 12. The maximum Gasteiger partial charge on any atom is 0.0735 e. The zero-order valence-corrected chi connectivity index (χ0v) is 29.8. The Morgan fingerprint density at radius 1 is 0.404 bits per heavy atom. The molecule has 0 bridgehead atoms. The summed E-state index contributed by atoms with van der Waals surface area (Å²) in [6.45, 7) is 0. The van der Waals surface area contributed by atoms with Crippen LogP contribution < -0.4 is 4.90 Å². The van der Waals surface area contributed by atoms with Crippen molar-refractivity contribution in [3.05, 3.63) is 210 Å². The number of rotatable bonds is 4. The standard InChI is InChI=1S/C49H31NS2/c1-3-16-32(17-4-1)34-20-8-12-25-42(34)50(33-18-5-2-6-19-33)43-26-15-29-46-48(43)37-30-36-35-21-7-9-22-38(35)49(41(36)31-47(37)52-46)39-23-10-13-27-44(39)51-45-28-14-11-24-40(45)49/h1-31H. The van der Waals surface area contributed by atoms with Gasteiger partial charge in [0.25, 0.3) is 0 Å². The monoisotopic (exact) mass is 697 g/mol. The normalized spacial score (nSPS) is 13.5. The third kappa shape index (κ3) is 4.18. The number of nitrogens with zero attached hydrogens (tertiary/aromatic N) is 1. The van der Waals surface area contributed by atoms with E-state index < -0.39 is 0 Å². The Labute approximate surface area is 311 Å². The minimum Gasteiger partial charge on any atom is -0.309 e. The summed E-state index contributed by atoms with van der Waals surface area (Å²) < 4.78 is 2.60. The topological polar surface area (TPSA) is 3.24 Å². The highest BCUT2D eigenvalue weighted by Crippen LogP contribution is 2.63. The molecule has 2 aliphatic rings. The molecule has 8 aromatic carbocycles. The Hall–Kier alpha value is -5.87. The van der Waals surface area contributed by atoms with Crippen LogP contribution in [0.15, 0.2) is 198 Å². The molecule has 244 valence electrons. The first-order chi connectivity index (χ1) is 25.8. The van der Waals surface area contributed by atoms with E-state index in [1.54, 1.807) is 0 Å². The summed E-state index contributed by atoms with van der Waals surface area (Å²) in [7, 11) is 0. The van der Waals surface area contributed by atoms with Gasteiger partial charge in [0.05, 0.1) is 16.8 Å². The molecular formula is C49H31NS2. The van der Waals surface area contributed by atoms with Crippen molar-refractivity contribution < 1.29 is 0 Å². The summed E-state index contributed by atoms with van der Waals surface area (Å²) in [6, 6.07) is 69.5. The predicted octanol–water partition coefficient (Wildman–Crippen LogP) is 14.0. The van der Waals surface area contributed by atoms with Crippen molar-refractivity contribution in [2.24, 2.45) is 0 Å². The highest BCUT2D eigenvalue weighted by atomic mass is 32.2. The second-order valence-electron chi connectivity index (χ2n) is 13.6. The maximum atomic E-state index is 2.54. The van der Waals surface area contributed by atoms with Crippen LogP contribution in [0.5, 0.6) is 0 Å². The summed E-state index contributed by atoms with van der Waals surface area (Å²) in [5, 5.41) is 2.58. The fraction of sp³-hybridized carbons (Fsp3) is 0.0204. The summed E-state index contributed by atoms with van der Waals surface area (Å²) >= 11 is 3.80. The molecule has 0 atom stereocenters. The van der Waals surface area contributed by atoms with E-state index >= 15 is 0 Å². The fourth-order valence-electron chi connectivity index (χ4n) is 8.85. The number of thiophene rings is 1. The number of para-hydroxylation sites is 2. The van der Waals surface area contributed by atoms with Gasteiger partial charge in [-0.2, -0.15) is 0 Å². The Kier molecular flexibility index (Phi) is 6.64. The van der Waals surface area contributed by atoms with Gasteiger partial charge in [-0.15, -0.1) is 11.3 Å². The SMILES string of the molecule is c1ccc(-c2ccccc2N(c2ccccc2)c2cccc3sc4cc5c(cc4c23)-c2ccccc2C52c3ccccc3Sc3ccccc32)cc1. The van der Waals surface area contributed by atoms with Gasteiger partial charge in [0, 0.05) is 41.2 Å². The molecule has 9 aromatic rings. The van der Waals surface area contributed by atoms with E-state index in [-0.39, 0.29) is 5.41 Å². The third-order valence-electron chi connectivity index (χ3n) is 10.9. The van der Waals surface area contributed by atoms with Crippen molar-refractivity contribution in [1.29, 1.82) is 0 Å². The van der Waals surface area contributed by atoms with E-state index in [1.807, 2.05) is 23.1 Å². The van der Waals surface area contributed by atoms with Crippen LogP contribution in [0.2, 0.25) is 0 Å². The predicted molar refractivity (Wildman–Crippen MR) is 221 cm³/mol. The minimum absolute atomic E-state index is 0.387. The molecular weight excluding hydrogens is 667 g/mol. The van der Waals surface area contributed by atoms with Crippen molar-refractivity contribution in [2.75, 3.05) is 4.90 Å². The first-order valence-electron chi connectivity index (χ1n) is 17.8. The van der Waals surface area contributed by atoms with E-state index in [0.717, 1.165) is 11.4 Å². The van der Waals surface area contributed by atoms with Gasteiger partial charge in [-0.3, -0.25) is 0 Å². The zero-order chi connectivity index (χ0) is 34.2. The van der Waals surface area contributed by atoms with Gasteiger partial charge in [-0.25, -0.2) is 0 Å². The van der Waals surface area contributed by atoms with Crippen molar-refractivity contribution in [3.8, 4) is 22.3 Å². The third-order valence-corrected chi connectivity index (χ3v) is 13.2. The molecule has 0 amide bonds. The molecule has 0 saturated carbocycles. The Morgan fingerprint density at radius 3 is 1.75 bits per heavy atom. The molecule has 11 rings (SSSR count). The smallest absolute Gasteiger partial charge is 0.0735 e. The minimum atomic E-state index is -0.387. The van der Waals surface area contributed by atoms with Crippen LogP contribution in [-0.2, 0) is 5.41 Å². The fourth-order valence-corrected chi connectivity index (χ4v) is 11.2. The quantitative estimate of drug-likeness (QED) is 0.180. The van der Waals surface area contributed by atoms with Crippen LogP contribution in [0.1, 0.15) is 22.3 Å². The molecule has 52 heavy (non-hydrogen) atoms. The molecule has 0 fully saturated rings. The van der Waals surface area contributed by atoms with Crippen LogP contribution in [0.4, 0.5) is 17.1 Å². The molecule has 1 aliphatic heterocycles. The van der Waals surface area contributed by atoms with Gasteiger partial charge >= 0.3 is 0 Å². The van der Waals surface area contributed by atoms with Gasteiger partial charge < -0.3 is 4.90 Å². The van der Waals surface area contributed by atoms with Crippen LogP contribution in [0.3, 0.4) is 0 Å². The van der Waals surface area contributed by atoms with Crippen molar-refractivity contribution in [3.63, 3.8) is 0 Å². The van der Waals surface area contributed by atoms with E-state index in [0.29, 0.717) is 0 Å². The first-order valence-corrected chi connectivity index (χ1v) is 19.4. The lowest BCUT2D eigenvalue weighted by Gasteiger charge is -2.39. The molecule has 0 radical (unpaired) electrons. The van der Waals surface area contributed by atoms with Gasteiger partial charge in [0.1, 0.15) is 0 Å². The Bertz CT molecular complexity index is 2790. The highest BCUT2D eigenvalue weighted by molar-refractivity contribution is 7.99. The van der Waals surface area contributed by atoms with Crippen molar-refractivity contribution >= 4 is 60.3 Å². The highest BCUT2D eigenvalue weighted by Gasteiger charge is 2.50.